The van der Waals surface area contributed by atoms with Gasteiger partial charge < -0.3 is 10.2 Å². The van der Waals surface area contributed by atoms with Crippen LogP contribution in [-0.2, 0) is 29.0 Å². The number of benzene rings is 3. The number of carbonyl (C=O) groups excluding carboxylic acids is 2. The zero-order valence-electron chi connectivity index (χ0n) is 20.4. The third-order valence-electron chi connectivity index (χ3n) is 5.60. The fourth-order valence-corrected chi connectivity index (χ4v) is 4.35. The van der Waals surface area contributed by atoms with E-state index >= 15 is 0 Å². The number of aryl methyl sites for hydroxylation is 1. The van der Waals surface area contributed by atoms with Crippen LogP contribution in [0.25, 0.3) is 0 Å². The predicted octanol–water partition coefficient (Wildman–Crippen LogP) is 6.48. The minimum absolute atomic E-state index is 0.107. The van der Waals surface area contributed by atoms with Gasteiger partial charge in [-0.25, -0.2) is 0 Å². The van der Waals surface area contributed by atoms with E-state index in [1.165, 1.54) is 0 Å². The lowest BCUT2D eigenvalue weighted by Crippen LogP contribution is -2.54. The molecular weight excluding hydrogens is 479 g/mol. The van der Waals surface area contributed by atoms with E-state index in [0.717, 1.165) is 16.7 Å². The zero-order valence-corrected chi connectivity index (χ0v) is 21.9. The first-order valence-corrected chi connectivity index (χ1v) is 12.5. The molecule has 184 valence electrons. The Hall–Kier alpha value is -2.82. The van der Waals surface area contributed by atoms with Gasteiger partial charge in [0.2, 0.25) is 11.8 Å². The van der Waals surface area contributed by atoms with Gasteiger partial charge in [-0.3, -0.25) is 9.59 Å². The van der Waals surface area contributed by atoms with Crippen LogP contribution in [0.15, 0.2) is 78.9 Å². The average molecular weight is 511 g/mol. The van der Waals surface area contributed by atoms with Gasteiger partial charge in [0.1, 0.15) is 6.04 Å². The molecule has 0 spiro atoms. The van der Waals surface area contributed by atoms with Gasteiger partial charge in [-0.1, -0.05) is 89.9 Å². The summed E-state index contributed by atoms with van der Waals surface area (Å²) in [6.07, 6.45) is 1.26. The first kappa shape index (κ1) is 26.8. The minimum Gasteiger partial charge on any atom is -0.350 e. The van der Waals surface area contributed by atoms with Gasteiger partial charge in [-0.05, 0) is 56.0 Å². The van der Waals surface area contributed by atoms with Crippen molar-refractivity contribution in [3.63, 3.8) is 0 Å². The Balaban J connectivity index is 1.95. The summed E-state index contributed by atoms with van der Waals surface area (Å²) in [5.74, 6) is -0.302. The number of nitrogens with zero attached hydrogens (tertiary/aromatic N) is 1. The first-order valence-electron chi connectivity index (χ1n) is 11.8. The molecule has 3 rings (SSSR count). The van der Waals surface area contributed by atoms with E-state index in [1.807, 2.05) is 87.5 Å². The Morgan fingerprint density at radius 1 is 0.886 bits per heavy atom. The van der Waals surface area contributed by atoms with Gasteiger partial charge in [0.15, 0.2) is 0 Å². The molecule has 35 heavy (non-hydrogen) atoms. The van der Waals surface area contributed by atoms with Crippen molar-refractivity contribution in [2.75, 3.05) is 0 Å². The van der Waals surface area contributed by atoms with Gasteiger partial charge in [0.25, 0.3) is 0 Å². The second kappa shape index (κ2) is 12.2. The maximum Gasteiger partial charge on any atom is 0.243 e. The summed E-state index contributed by atoms with van der Waals surface area (Å²) in [6, 6.07) is 24.1. The van der Waals surface area contributed by atoms with Crippen molar-refractivity contribution in [1.29, 1.82) is 0 Å². The number of hydrogen-bond donors (Lipinski definition) is 1. The van der Waals surface area contributed by atoms with E-state index in [-0.39, 0.29) is 24.8 Å². The van der Waals surface area contributed by atoms with E-state index in [0.29, 0.717) is 22.9 Å². The molecule has 4 nitrogen and oxygen atoms in total. The van der Waals surface area contributed by atoms with Crippen LogP contribution in [0, 0.1) is 0 Å². The van der Waals surface area contributed by atoms with E-state index in [9.17, 15) is 9.59 Å². The van der Waals surface area contributed by atoms with Crippen molar-refractivity contribution in [3.8, 4) is 0 Å². The molecule has 1 atom stereocenters. The fraction of sp³-hybridized carbons (Fsp3) is 0.310. The molecule has 0 saturated heterocycles. The largest absolute Gasteiger partial charge is 0.350 e. The van der Waals surface area contributed by atoms with E-state index in [2.05, 4.69) is 5.32 Å². The van der Waals surface area contributed by atoms with Crippen molar-refractivity contribution < 1.29 is 9.59 Å². The molecule has 1 unspecified atom stereocenters. The average Bonchev–Trinajstić information content (AvgIpc) is 2.81. The van der Waals surface area contributed by atoms with Gasteiger partial charge in [0.05, 0.1) is 0 Å². The highest BCUT2D eigenvalue weighted by Gasteiger charge is 2.32. The van der Waals surface area contributed by atoms with Crippen LogP contribution in [0.2, 0.25) is 10.0 Å². The molecular formula is C29H32Cl2N2O2. The lowest BCUT2D eigenvalue weighted by Gasteiger charge is -2.34. The summed E-state index contributed by atoms with van der Waals surface area (Å²) in [5, 5.41) is 4.06. The molecule has 1 N–H and O–H groups in total. The van der Waals surface area contributed by atoms with Crippen LogP contribution in [0.1, 0.15) is 43.9 Å². The third kappa shape index (κ3) is 8.41. The van der Waals surface area contributed by atoms with Gasteiger partial charge in [-0.2, -0.15) is 0 Å². The Morgan fingerprint density at radius 3 is 2.06 bits per heavy atom. The molecule has 0 heterocycles. The highest BCUT2D eigenvalue weighted by Crippen LogP contribution is 2.25. The van der Waals surface area contributed by atoms with Crippen molar-refractivity contribution in [1.82, 2.24) is 10.2 Å². The second-order valence-corrected chi connectivity index (χ2v) is 10.5. The molecule has 0 aliphatic carbocycles. The van der Waals surface area contributed by atoms with Gasteiger partial charge >= 0.3 is 0 Å². The number of carbonyl (C=O) groups is 2. The van der Waals surface area contributed by atoms with E-state index in [1.54, 1.807) is 17.0 Å². The number of amides is 2. The predicted molar refractivity (Wildman–Crippen MR) is 144 cm³/mol. The number of rotatable bonds is 9. The molecule has 0 bridgehead atoms. The summed E-state index contributed by atoms with van der Waals surface area (Å²) in [4.78, 5) is 28.9. The molecule has 0 saturated carbocycles. The second-order valence-electron chi connectivity index (χ2n) is 9.69. The van der Waals surface area contributed by atoms with Crippen molar-refractivity contribution in [2.24, 2.45) is 0 Å². The number of nitrogens with one attached hydrogen (secondary N) is 1. The Morgan fingerprint density at radius 2 is 1.49 bits per heavy atom. The van der Waals surface area contributed by atoms with Crippen molar-refractivity contribution in [3.05, 3.63) is 106 Å². The number of hydrogen-bond acceptors (Lipinski definition) is 2. The smallest absolute Gasteiger partial charge is 0.243 e. The van der Waals surface area contributed by atoms with Crippen LogP contribution < -0.4 is 5.32 Å². The fourth-order valence-electron chi connectivity index (χ4n) is 3.88. The summed E-state index contributed by atoms with van der Waals surface area (Å²) in [5.41, 5.74) is 2.35. The summed E-state index contributed by atoms with van der Waals surface area (Å²) in [6.45, 7) is 6.00. The van der Waals surface area contributed by atoms with Crippen molar-refractivity contribution in [2.45, 2.75) is 58.2 Å². The summed E-state index contributed by atoms with van der Waals surface area (Å²) < 4.78 is 0. The summed E-state index contributed by atoms with van der Waals surface area (Å²) >= 11 is 12.6. The van der Waals surface area contributed by atoms with Crippen molar-refractivity contribution >= 4 is 35.0 Å². The monoisotopic (exact) mass is 510 g/mol. The molecule has 0 aromatic heterocycles. The van der Waals surface area contributed by atoms with Crippen LogP contribution in [0.5, 0.6) is 0 Å². The van der Waals surface area contributed by atoms with Crippen LogP contribution in [-0.4, -0.2) is 28.3 Å². The topological polar surface area (TPSA) is 49.4 Å². The lowest BCUT2D eigenvalue weighted by atomic mass is 10.00. The standard InChI is InChI=1S/C29H32Cl2N2O2/c1-29(2,3)32-28(35)26(18-22-12-8-5-9-13-22)33(20-23-15-16-24(30)19-25(23)31)27(34)17-14-21-10-6-4-7-11-21/h4-13,15-16,19,26H,14,17-18,20H2,1-3H3,(H,32,35). The minimum atomic E-state index is -0.702. The Labute approximate surface area is 218 Å². The Bertz CT molecular complexity index is 1130. The first-order chi connectivity index (χ1) is 16.6. The quantitative estimate of drug-likeness (QED) is 0.358. The Kier molecular flexibility index (Phi) is 9.36. The molecule has 0 aliphatic rings. The lowest BCUT2D eigenvalue weighted by molar-refractivity contribution is -0.141. The zero-order chi connectivity index (χ0) is 25.4. The molecule has 3 aromatic rings. The highest BCUT2D eigenvalue weighted by molar-refractivity contribution is 6.35. The normalized spacial score (nSPS) is 12.1. The molecule has 0 aliphatic heterocycles. The molecule has 6 heteroatoms. The SMILES string of the molecule is CC(C)(C)NC(=O)C(Cc1ccccc1)N(Cc1ccc(Cl)cc1Cl)C(=O)CCc1ccccc1. The van der Waals surface area contributed by atoms with E-state index in [4.69, 9.17) is 23.2 Å². The van der Waals surface area contributed by atoms with Crippen LogP contribution in [0.4, 0.5) is 0 Å². The maximum absolute atomic E-state index is 13.7. The molecule has 2 amide bonds. The van der Waals surface area contributed by atoms with Gasteiger partial charge in [-0.15, -0.1) is 0 Å². The number of halogens is 2. The molecule has 3 aromatic carbocycles. The van der Waals surface area contributed by atoms with Gasteiger partial charge in [0, 0.05) is 35.0 Å². The molecule has 0 radical (unpaired) electrons. The van der Waals surface area contributed by atoms with E-state index < -0.39 is 11.6 Å². The molecule has 0 fully saturated rings. The van der Waals surface area contributed by atoms with Crippen LogP contribution in [0.3, 0.4) is 0 Å². The maximum atomic E-state index is 13.7. The highest BCUT2D eigenvalue weighted by atomic mass is 35.5. The summed E-state index contributed by atoms with van der Waals surface area (Å²) in [7, 11) is 0. The third-order valence-corrected chi connectivity index (χ3v) is 6.18. The van der Waals surface area contributed by atoms with Crippen LogP contribution >= 0.6 is 23.2 Å².